The van der Waals surface area contributed by atoms with Crippen LogP contribution < -0.4 is 5.32 Å². The van der Waals surface area contributed by atoms with Crippen molar-refractivity contribution >= 4 is 23.2 Å². The molecule has 1 amide bonds. The van der Waals surface area contributed by atoms with Crippen molar-refractivity contribution in [3.63, 3.8) is 0 Å². The van der Waals surface area contributed by atoms with E-state index in [1.807, 2.05) is 0 Å². The highest BCUT2D eigenvalue weighted by Crippen LogP contribution is 2.28. The molecule has 0 saturated heterocycles. The van der Waals surface area contributed by atoms with Gasteiger partial charge in [-0.15, -0.1) is 11.6 Å². The van der Waals surface area contributed by atoms with Gasteiger partial charge in [-0.2, -0.15) is 0 Å². The normalized spacial score (nSPS) is 21.7. The highest BCUT2D eigenvalue weighted by Gasteiger charge is 2.23. The second kappa shape index (κ2) is 6.22. The van der Waals surface area contributed by atoms with Crippen molar-refractivity contribution < 1.29 is 9.72 Å². The lowest BCUT2D eigenvalue weighted by Crippen LogP contribution is -2.29. The number of carbonyl (C=O) groups is 1. The second-order valence-electron chi connectivity index (χ2n) is 5.24. The number of nitro groups is 1. The van der Waals surface area contributed by atoms with Crippen molar-refractivity contribution in [1.29, 1.82) is 0 Å². The Kier molecular flexibility index (Phi) is 4.60. The van der Waals surface area contributed by atoms with Crippen molar-refractivity contribution in [3.8, 4) is 0 Å². The Labute approximate surface area is 122 Å². The van der Waals surface area contributed by atoms with Crippen LogP contribution in [0.2, 0.25) is 0 Å². The van der Waals surface area contributed by atoms with E-state index in [4.69, 9.17) is 11.6 Å². The number of nitrogens with zero attached hydrogens (tertiary/aromatic N) is 1. The van der Waals surface area contributed by atoms with Crippen LogP contribution in [0.4, 0.5) is 5.69 Å². The zero-order valence-corrected chi connectivity index (χ0v) is 12.0. The first-order chi connectivity index (χ1) is 9.47. The molecule has 1 aromatic carbocycles. The van der Waals surface area contributed by atoms with Crippen molar-refractivity contribution in [2.45, 2.75) is 31.6 Å². The molecule has 0 bridgehead atoms. The van der Waals surface area contributed by atoms with Crippen LogP contribution in [-0.2, 0) is 0 Å². The number of nitro benzene ring substituents is 1. The molecule has 0 radical (unpaired) electrons. The van der Waals surface area contributed by atoms with Crippen LogP contribution in [0.15, 0.2) is 18.2 Å². The number of alkyl halides is 1. The molecule has 1 aliphatic rings. The summed E-state index contributed by atoms with van der Waals surface area (Å²) >= 11 is 6.03. The van der Waals surface area contributed by atoms with Crippen LogP contribution in [0.3, 0.4) is 0 Å². The molecule has 2 rings (SSSR count). The zero-order chi connectivity index (χ0) is 14.7. The van der Waals surface area contributed by atoms with Gasteiger partial charge in [0.2, 0.25) is 0 Å². The van der Waals surface area contributed by atoms with Gasteiger partial charge in [-0.1, -0.05) is 6.07 Å². The van der Waals surface area contributed by atoms with Gasteiger partial charge >= 0.3 is 0 Å². The van der Waals surface area contributed by atoms with Crippen molar-refractivity contribution in [3.05, 3.63) is 39.4 Å². The maximum atomic E-state index is 12.1. The van der Waals surface area contributed by atoms with Gasteiger partial charge < -0.3 is 5.32 Å². The van der Waals surface area contributed by atoms with E-state index in [1.54, 1.807) is 13.0 Å². The van der Waals surface area contributed by atoms with E-state index in [0.29, 0.717) is 18.0 Å². The molecule has 1 aromatic rings. The number of benzene rings is 1. The Hall–Kier alpha value is -1.62. The van der Waals surface area contributed by atoms with E-state index in [2.05, 4.69) is 5.32 Å². The average molecular weight is 297 g/mol. The molecule has 5 nitrogen and oxygen atoms in total. The van der Waals surface area contributed by atoms with Crippen LogP contribution >= 0.6 is 11.6 Å². The van der Waals surface area contributed by atoms with Crippen molar-refractivity contribution in [2.75, 3.05) is 6.54 Å². The van der Waals surface area contributed by atoms with Gasteiger partial charge in [-0.3, -0.25) is 14.9 Å². The number of hydrogen-bond donors (Lipinski definition) is 1. The minimum absolute atomic E-state index is 0.0672. The van der Waals surface area contributed by atoms with Crippen LogP contribution in [-0.4, -0.2) is 22.8 Å². The number of rotatable bonds is 4. The molecule has 20 heavy (non-hydrogen) atoms. The number of hydrogen-bond acceptors (Lipinski definition) is 3. The molecule has 1 fully saturated rings. The topological polar surface area (TPSA) is 72.2 Å². The van der Waals surface area contributed by atoms with Crippen LogP contribution in [0.25, 0.3) is 0 Å². The number of nitrogens with one attached hydrogen (secondary N) is 1. The Morgan fingerprint density at radius 1 is 1.50 bits per heavy atom. The molecule has 1 saturated carbocycles. The molecular formula is C14H17ClN2O3. The molecule has 1 N–H and O–H groups in total. The van der Waals surface area contributed by atoms with Gasteiger partial charge in [0.25, 0.3) is 11.6 Å². The summed E-state index contributed by atoms with van der Waals surface area (Å²) in [6, 6.07) is 4.32. The van der Waals surface area contributed by atoms with E-state index in [9.17, 15) is 14.9 Å². The zero-order valence-electron chi connectivity index (χ0n) is 11.3. The maximum Gasteiger partial charge on any atom is 0.270 e. The molecule has 0 aliphatic heterocycles. The third-order valence-corrected chi connectivity index (χ3v) is 4.10. The van der Waals surface area contributed by atoms with E-state index in [0.717, 1.165) is 24.8 Å². The molecule has 2 unspecified atom stereocenters. The van der Waals surface area contributed by atoms with Crippen LogP contribution in [0.1, 0.15) is 35.2 Å². The first-order valence-corrected chi connectivity index (χ1v) is 7.08. The number of halogens is 1. The van der Waals surface area contributed by atoms with E-state index in [-0.39, 0.29) is 17.0 Å². The van der Waals surface area contributed by atoms with Crippen LogP contribution in [0.5, 0.6) is 0 Å². The first kappa shape index (κ1) is 14.8. The summed E-state index contributed by atoms with van der Waals surface area (Å²) < 4.78 is 0. The van der Waals surface area contributed by atoms with Crippen molar-refractivity contribution in [2.24, 2.45) is 5.92 Å². The molecule has 1 aliphatic carbocycles. The first-order valence-electron chi connectivity index (χ1n) is 6.64. The molecule has 6 heteroatoms. The molecule has 0 heterocycles. The monoisotopic (exact) mass is 296 g/mol. The number of aryl methyl sites for hydroxylation is 1. The molecule has 108 valence electrons. The standard InChI is InChI=1S/C14H17ClN2O3/c1-9-2-5-12(17(19)20)7-13(9)14(18)16-8-10-3-4-11(15)6-10/h2,5,7,10-11H,3-4,6,8H2,1H3,(H,16,18). The summed E-state index contributed by atoms with van der Waals surface area (Å²) in [5, 5.41) is 13.8. The number of non-ortho nitro benzene ring substituents is 1. The fourth-order valence-corrected chi connectivity index (χ4v) is 2.88. The number of amides is 1. The lowest BCUT2D eigenvalue weighted by Gasteiger charge is -2.12. The third kappa shape index (κ3) is 3.48. The fourth-order valence-electron chi connectivity index (χ4n) is 2.50. The minimum Gasteiger partial charge on any atom is -0.352 e. The lowest BCUT2D eigenvalue weighted by atomic mass is 10.1. The number of carbonyl (C=O) groups excluding carboxylic acids is 1. The maximum absolute atomic E-state index is 12.1. The summed E-state index contributed by atoms with van der Waals surface area (Å²) in [4.78, 5) is 22.4. The Morgan fingerprint density at radius 2 is 2.25 bits per heavy atom. The summed E-state index contributed by atoms with van der Waals surface area (Å²) in [6.07, 6.45) is 2.91. The smallest absolute Gasteiger partial charge is 0.270 e. The minimum atomic E-state index is -0.495. The summed E-state index contributed by atoms with van der Waals surface area (Å²) in [5.41, 5.74) is 1.02. The van der Waals surface area contributed by atoms with Gasteiger partial charge in [0.05, 0.1) is 4.92 Å². The average Bonchev–Trinajstić information content (AvgIpc) is 2.82. The molecule has 0 aromatic heterocycles. The summed E-state index contributed by atoms with van der Waals surface area (Å²) in [6.45, 7) is 2.34. The lowest BCUT2D eigenvalue weighted by molar-refractivity contribution is -0.384. The fraction of sp³-hybridized carbons (Fsp3) is 0.500. The van der Waals surface area contributed by atoms with Gasteiger partial charge in [0.1, 0.15) is 0 Å². The van der Waals surface area contributed by atoms with Crippen molar-refractivity contribution in [1.82, 2.24) is 5.32 Å². The quantitative estimate of drug-likeness (QED) is 0.527. The molecular weight excluding hydrogens is 280 g/mol. The molecule has 2 atom stereocenters. The summed E-state index contributed by atoms with van der Waals surface area (Å²) in [5.74, 6) is 0.143. The van der Waals surface area contributed by atoms with Gasteiger partial charge in [0, 0.05) is 29.6 Å². The van der Waals surface area contributed by atoms with E-state index >= 15 is 0 Å². The SMILES string of the molecule is Cc1ccc([N+](=O)[O-])cc1C(=O)NCC1CCC(Cl)C1. The predicted molar refractivity (Wildman–Crippen MR) is 77.1 cm³/mol. The third-order valence-electron chi connectivity index (χ3n) is 3.71. The largest absolute Gasteiger partial charge is 0.352 e. The predicted octanol–water partition coefficient (Wildman–Crippen LogP) is 3.04. The highest BCUT2D eigenvalue weighted by atomic mass is 35.5. The van der Waals surface area contributed by atoms with Gasteiger partial charge in [-0.05, 0) is 37.7 Å². The summed E-state index contributed by atoms with van der Waals surface area (Å²) in [7, 11) is 0. The van der Waals surface area contributed by atoms with Gasteiger partial charge in [0.15, 0.2) is 0 Å². The highest BCUT2D eigenvalue weighted by molar-refractivity contribution is 6.20. The van der Waals surface area contributed by atoms with Crippen LogP contribution in [0, 0.1) is 23.0 Å². The van der Waals surface area contributed by atoms with Gasteiger partial charge in [-0.25, -0.2) is 0 Å². The Morgan fingerprint density at radius 3 is 2.85 bits per heavy atom. The van der Waals surface area contributed by atoms with E-state index in [1.165, 1.54) is 12.1 Å². The molecule has 0 spiro atoms. The second-order valence-corrected chi connectivity index (χ2v) is 5.86. The van der Waals surface area contributed by atoms with E-state index < -0.39 is 4.92 Å². The Bertz CT molecular complexity index is 533. The Balaban J connectivity index is 2.01.